The first-order chi connectivity index (χ1) is 8.87. The van der Waals surface area contributed by atoms with E-state index in [0.717, 1.165) is 11.8 Å². The van der Waals surface area contributed by atoms with Crippen LogP contribution >= 0.6 is 11.6 Å². The first kappa shape index (κ1) is 16.1. The summed E-state index contributed by atoms with van der Waals surface area (Å²) in [4.78, 5) is 0. The Bertz CT molecular complexity index is 531. The van der Waals surface area contributed by atoms with Gasteiger partial charge in [0.05, 0.1) is 17.9 Å². The van der Waals surface area contributed by atoms with Gasteiger partial charge in [0.1, 0.15) is 6.61 Å². The summed E-state index contributed by atoms with van der Waals surface area (Å²) in [6.45, 7) is 0.694. The number of sulfone groups is 1. The summed E-state index contributed by atoms with van der Waals surface area (Å²) in [5.74, 6) is 0.795. The van der Waals surface area contributed by atoms with Crippen LogP contribution in [0.1, 0.15) is 5.56 Å². The summed E-state index contributed by atoms with van der Waals surface area (Å²) in [6.07, 6.45) is 1.16. The van der Waals surface area contributed by atoms with Crippen molar-refractivity contribution in [3.8, 4) is 11.5 Å². The molecule has 1 N–H and O–H groups in total. The Labute approximate surface area is 118 Å². The van der Waals surface area contributed by atoms with Gasteiger partial charge in [-0.05, 0) is 24.7 Å². The molecule has 0 heterocycles. The molecule has 0 fully saturated rings. The third-order valence-corrected chi connectivity index (χ3v) is 3.56. The fourth-order valence-corrected chi connectivity index (χ4v) is 2.19. The Hall–Kier alpha value is -0.980. The summed E-state index contributed by atoms with van der Waals surface area (Å²) in [6, 6.07) is 3.56. The number of rotatable bonds is 7. The standard InChI is InChI=1S/C12H18ClNO4S/c1-14-8-9-6-10(13)12(11(7-9)17-2)18-4-5-19(3,15)16/h6-7,14H,4-5,8H2,1-3H3. The Morgan fingerprint density at radius 1 is 1.37 bits per heavy atom. The number of halogens is 1. The second kappa shape index (κ2) is 6.98. The number of nitrogens with one attached hydrogen (secondary N) is 1. The number of hydrogen-bond acceptors (Lipinski definition) is 5. The van der Waals surface area contributed by atoms with Gasteiger partial charge in [-0.3, -0.25) is 0 Å². The minimum atomic E-state index is -3.06. The van der Waals surface area contributed by atoms with E-state index >= 15 is 0 Å². The van der Waals surface area contributed by atoms with Gasteiger partial charge in [0, 0.05) is 12.8 Å². The summed E-state index contributed by atoms with van der Waals surface area (Å²) in [7, 11) is 0.280. The second-order valence-electron chi connectivity index (χ2n) is 4.12. The van der Waals surface area contributed by atoms with Crippen molar-refractivity contribution < 1.29 is 17.9 Å². The molecule has 1 aromatic rings. The molecule has 1 rings (SSSR count). The summed E-state index contributed by atoms with van der Waals surface area (Å²) < 4.78 is 32.7. The maximum absolute atomic E-state index is 11.0. The number of methoxy groups -OCH3 is 1. The van der Waals surface area contributed by atoms with Crippen molar-refractivity contribution in [3.63, 3.8) is 0 Å². The van der Waals surface area contributed by atoms with Crippen molar-refractivity contribution in [3.05, 3.63) is 22.7 Å². The minimum absolute atomic E-state index is 0.0420. The third kappa shape index (κ3) is 5.26. The van der Waals surface area contributed by atoms with Crippen LogP contribution in [0.5, 0.6) is 11.5 Å². The monoisotopic (exact) mass is 307 g/mol. The Kier molecular flexibility index (Phi) is 5.90. The molecule has 0 aliphatic rings. The van der Waals surface area contributed by atoms with E-state index in [9.17, 15) is 8.42 Å². The summed E-state index contributed by atoms with van der Waals surface area (Å²) in [5, 5.41) is 3.41. The predicted molar refractivity (Wildman–Crippen MR) is 76.0 cm³/mol. The number of benzene rings is 1. The van der Waals surface area contributed by atoms with Gasteiger partial charge in [-0.15, -0.1) is 0 Å². The molecule has 0 aliphatic heterocycles. The molecule has 0 spiro atoms. The molecule has 0 saturated carbocycles. The zero-order valence-corrected chi connectivity index (χ0v) is 12.8. The molecule has 5 nitrogen and oxygen atoms in total. The molecule has 0 atom stereocenters. The lowest BCUT2D eigenvalue weighted by atomic mass is 10.2. The van der Waals surface area contributed by atoms with E-state index in [1.807, 2.05) is 7.05 Å². The van der Waals surface area contributed by atoms with Crippen LogP contribution in [0.25, 0.3) is 0 Å². The van der Waals surface area contributed by atoms with Crippen LogP contribution < -0.4 is 14.8 Å². The normalized spacial score (nSPS) is 11.4. The topological polar surface area (TPSA) is 64.6 Å². The largest absolute Gasteiger partial charge is 0.493 e. The zero-order chi connectivity index (χ0) is 14.5. The lowest BCUT2D eigenvalue weighted by molar-refractivity contribution is 0.311. The van der Waals surface area contributed by atoms with E-state index in [0.29, 0.717) is 23.1 Å². The first-order valence-corrected chi connectivity index (χ1v) is 8.12. The molecule has 0 saturated heterocycles. The lowest BCUT2D eigenvalue weighted by Gasteiger charge is -2.14. The highest BCUT2D eigenvalue weighted by atomic mass is 35.5. The van der Waals surface area contributed by atoms with Crippen LogP contribution in [-0.2, 0) is 16.4 Å². The SMILES string of the molecule is CNCc1cc(Cl)c(OCCS(C)(=O)=O)c(OC)c1. The molecular formula is C12H18ClNO4S. The van der Waals surface area contributed by atoms with Gasteiger partial charge in [0.25, 0.3) is 0 Å². The van der Waals surface area contributed by atoms with Crippen molar-refractivity contribution in [2.24, 2.45) is 0 Å². The average Bonchev–Trinajstić information content (AvgIpc) is 2.30. The molecule has 0 aromatic heterocycles. The van der Waals surface area contributed by atoms with Crippen molar-refractivity contribution in [2.75, 3.05) is 32.8 Å². The van der Waals surface area contributed by atoms with Crippen LogP contribution in [0.3, 0.4) is 0 Å². The highest BCUT2D eigenvalue weighted by molar-refractivity contribution is 7.90. The molecule has 0 bridgehead atoms. The van der Waals surface area contributed by atoms with Crippen LogP contribution in [-0.4, -0.2) is 41.2 Å². The van der Waals surface area contributed by atoms with Gasteiger partial charge >= 0.3 is 0 Å². The Morgan fingerprint density at radius 3 is 2.58 bits per heavy atom. The number of ether oxygens (including phenoxy) is 2. The van der Waals surface area contributed by atoms with Crippen LogP contribution in [0.15, 0.2) is 12.1 Å². The van der Waals surface area contributed by atoms with Gasteiger partial charge < -0.3 is 14.8 Å². The fourth-order valence-electron chi connectivity index (χ4n) is 1.51. The predicted octanol–water partition coefficient (Wildman–Crippen LogP) is 1.49. The molecule has 19 heavy (non-hydrogen) atoms. The highest BCUT2D eigenvalue weighted by Crippen LogP contribution is 2.36. The smallest absolute Gasteiger partial charge is 0.179 e. The Morgan fingerprint density at radius 2 is 2.05 bits per heavy atom. The average molecular weight is 308 g/mol. The fraction of sp³-hybridized carbons (Fsp3) is 0.500. The molecule has 1 aromatic carbocycles. The van der Waals surface area contributed by atoms with Crippen LogP contribution in [0.2, 0.25) is 5.02 Å². The van der Waals surface area contributed by atoms with E-state index in [4.69, 9.17) is 21.1 Å². The van der Waals surface area contributed by atoms with Crippen LogP contribution in [0, 0.1) is 0 Å². The van der Waals surface area contributed by atoms with Gasteiger partial charge in [0.2, 0.25) is 0 Å². The van der Waals surface area contributed by atoms with E-state index in [2.05, 4.69) is 5.32 Å². The zero-order valence-electron chi connectivity index (χ0n) is 11.2. The van der Waals surface area contributed by atoms with Crippen molar-refractivity contribution in [1.82, 2.24) is 5.32 Å². The van der Waals surface area contributed by atoms with E-state index in [1.54, 1.807) is 12.1 Å². The highest BCUT2D eigenvalue weighted by Gasteiger charge is 2.13. The second-order valence-corrected chi connectivity index (χ2v) is 6.78. The molecule has 0 aliphatic carbocycles. The molecule has 0 unspecified atom stereocenters. The van der Waals surface area contributed by atoms with Crippen molar-refractivity contribution >= 4 is 21.4 Å². The lowest BCUT2D eigenvalue weighted by Crippen LogP contribution is -2.13. The molecule has 7 heteroatoms. The molecule has 108 valence electrons. The van der Waals surface area contributed by atoms with Crippen LogP contribution in [0.4, 0.5) is 0 Å². The Balaban J connectivity index is 2.87. The van der Waals surface area contributed by atoms with E-state index in [1.165, 1.54) is 7.11 Å². The maximum Gasteiger partial charge on any atom is 0.179 e. The molecular weight excluding hydrogens is 290 g/mol. The van der Waals surface area contributed by atoms with Gasteiger partial charge in [-0.2, -0.15) is 0 Å². The van der Waals surface area contributed by atoms with Gasteiger partial charge in [-0.25, -0.2) is 8.42 Å². The molecule has 0 radical (unpaired) electrons. The van der Waals surface area contributed by atoms with Gasteiger partial charge in [-0.1, -0.05) is 11.6 Å². The van der Waals surface area contributed by atoms with E-state index in [-0.39, 0.29) is 12.4 Å². The van der Waals surface area contributed by atoms with E-state index < -0.39 is 9.84 Å². The van der Waals surface area contributed by atoms with Gasteiger partial charge in [0.15, 0.2) is 21.3 Å². The van der Waals surface area contributed by atoms with Crippen molar-refractivity contribution in [2.45, 2.75) is 6.54 Å². The summed E-state index contributed by atoms with van der Waals surface area (Å²) in [5.41, 5.74) is 0.958. The number of hydrogen-bond donors (Lipinski definition) is 1. The minimum Gasteiger partial charge on any atom is -0.493 e. The van der Waals surface area contributed by atoms with Crippen molar-refractivity contribution in [1.29, 1.82) is 0 Å². The quantitative estimate of drug-likeness (QED) is 0.827. The summed E-state index contributed by atoms with van der Waals surface area (Å²) >= 11 is 6.12. The third-order valence-electron chi connectivity index (χ3n) is 2.37. The first-order valence-electron chi connectivity index (χ1n) is 5.69. The molecule has 0 amide bonds. The maximum atomic E-state index is 11.0.